The van der Waals surface area contributed by atoms with Gasteiger partial charge in [0, 0.05) is 10.6 Å². The number of hydrogen-bond acceptors (Lipinski definition) is 2. The highest BCUT2D eigenvalue weighted by Crippen LogP contribution is 2.30. The Kier molecular flexibility index (Phi) is 4.45. The minimum atomic E-state index is -1.13. The summed E-state index contributed by atoms with van der Waals surface area (Å²) in [6.45, 7) is 0. The van der Waals surface area contributed by atoms with Crippen molar-refractivity contribution >= 4 is 29.3 Å². The molecule has 0 bridgehead atoms. The number of carbonyl (C=O) groups is 1. The van der Waals surface area contributed by atoms with Gasteiger partial charge >= 0.3 is 5.97 Å². The van der Waals surface area contributed by atoms with E-state index >= 15 is 0 Å². The van der Waals surface area contributed by atoms with E-state index in [9.17, 15) is 9.18 Å². The highest BCUT2D eigenvalue weighted by Gasteiger charge is 2.09. The molecule has 0 saturated carbocycles. The van der Waals surface area contributed by atoms with Crippen molar-refractivity contribution in [2.24, 2.45) is 0 Å². The van der Waals surface area contributed by atoms with Crippen LogP contribution >= 0.6 is 23.4 Å². The van der Waals surface area contributed by atoms with Gasteiger partial charge in [-0.1, -0.05) is 29.8 Å². The van der Waals surface area contributed by atoms with E-state index in [1.165, 1.54) is 23.9 Å². The van der Waals surface area contributed by atoms with Gasteiger partial charge in [0.1, 0.15) is 5.82 Å². The molecular weight excluding hydrogens is 287 g/mol. The van der Waals surface area contributed by atoms with E-state index in [0.717, 1.165) is 11.0 Å². The zero-order valence-electron chi connectivity index (χ0n) is 9.77. The Hall–Kier alpha value is -1.52. The zero-order valence-corrected chi connectivity index (χ0v) is 11.3. The summed E-state index contributed by atoms with van der Waals surface area (Å²) in [5.41, 5.74) is 0.402. The molecule has 0 atom stereocenters. The number of rotatable bonds is 4. The molecule has 0 spiro atoms. The first-order valence-electron chi connectivity index (χ1n) is 5.47. The van der Waals surface area contributed by atoms with Crippen molar-refractivity contribution in [3.05, 3.63) is 64.4 Å². The molecule has 0 unspecified atom stereocenters. The summed E-state index contributed by atoms with van der Waals surface area (Å²) in [6.07, 6.45) is 0. The van der Waals surface area contributed by atoms with Crippen LogP contribution in [-0.2, 0) is 5.75 Å². The third-order valence-corrected chi connectivity index (χ3v) is 4.08. The minimum absolute atomic E-state index is 0.0519. The summed E-state index contributed by atoms with van der Waals surface area (Å²) in [6, 6.07) is 11.2. The van der Waals surface area contributed by atoms with E-state index in [4.69, 9.17) is 16.7 Å². The lowest BCUT2D eigenvalue weighted by atomic mass is 10.1. The van der Waals surface area contributed by atoms with Crippen LogP contribution in [-0.4, -0.2) is 11.1 Å². The van der Waals surface area contributed by atoms with Crippen LogP contribution in [0.5, 0.6) is 0 Å². The average molecular weight is 297 g/mol. The van der Waals surface area contributed by atoms with E-state index in [0.29, 0.717) is 16.3 Å². The lowest BCUT2D eigenvalue weighted by Gasteiger charge is -2.06. The normalized spacial score (nSPS) is 10.4. The van der Waals surface area contributed by atoms with Gasteiger partial charge in [-0.15, -0.1) is 11.8 Å². The minimum Gasteiger partial charge on any atom is -0.478 e. The van der Waals surface area contributed by atoms with Crippen LogP contribution in [0.25, 0.3) is 0 Å². The van der Waals surface area contributed by atoms with Crippen molar-refractivity contribution in [3.8, 4) is 0 Å². The van der Waals surface area contributed by atoms with E-state index in [2.05, 4.69) is 0 Å². The number of carboxylic acid groups (broad SMARTS) is 1. The number of carboxylic acids is 1. The van der Waals surface area contributed by atoms with E-state index < -0.39 is 11.8 Å². The topological polar surface area (TPSA) is 37.3 Å². The maximum Gasteiger partial charge on any atom is 0.335 e. The summed E-state index contributed by atoms with van der Waals surface area (Å²) in [5, 5.41) is 9.38. The van der Waals surface area contributed by atoms with Crippen LogP contribution < -0.4 is 0 Å². The molecule has 19 heavy (non-hydrogen) atoms. The molecule has 0 aliphatic carbocycles. The molecule has 1 N–H and O–H groups in total. The second kappa shape index (κ2) is 6.08. The molecule has 0 aliphatic heterocycles. The van der Waals surface area contributed by atoms with Gasteiger partial charge in [0.15, 0.2) is 0 Å². The van der Waals surface area contributed by atoms with Crippen molar-refractivity contribution < 1.29 is 14.3 Å². The van der Waals surface area contributed by atoms with Crippen LogP contribution in [0.4, 0.5) is 4.39 Å². The van der Waals surface area contributed by atoms with Gasteiger partial charge in [-0.05, 0) is 29.8 Å². The molecule has 2 rings (SSSR count). The van der Waals surface area contributed by atoms with Gasteiger partial charge in [-0.25, -0.2) is 9.18 Å². The number of benzene rings is 2. The van der Waals surface area contributed by atoms with E-state index in [1.54, 1.807) is 6.07 Å². The summed E-state index contributed by atoms with van der Waals surface area (Å²) in [5.74, 6) is -1.25. The van der Waals surface area contributed by atoms with Crippen molar-refractivity contribution in [2.75, 3.05) is 0 Å². The van der Waals surface area contributed by atoms with Gasteiger partial charge < -0.3 is 5.11 Å². The summed E-state index contributed by atoms with van der Waals surface area (Å²) < 4.78 is 13.7. The van der Waals surface area contributed by atoms with Crippen LogP contribution in [0.1, 0.15) is 15.9 Å². The molecule has 2 aromatic carbocycles. The molecule has 0 heterocycles. The molecule has 0 amide bonds. The van der Waals surface area contributed by atoms with Crippen molar-refractivity contribution in [1.82, 2.24) is 0 Å². The smallest absolute Gasteiger partial charge is 0.335 e. The molecule has 2 aromatic rings. The molecule has 0 aromatic heterocycles. The summed E-state index contributed by atoms with van der Waals surface area (Å²) in [4.78, 5) is 11.6. The largest absolute Gasteiger partial charge is 0.478 e. The molecule has 5 heteroatoms. The van der Waals surface area contributed by atoms with Gasteiger partial charge in [0.25, 0.3) is 0 Å². The lowest BCUT2D eigenvalue weighted by molar-refractivity contribution is 0.0696. The highest BCUT2D eigenvalue weighted by molar-refractivity contribution is 7.98. The van der Waals surface area contributed by atoms with Crippen LogP contribution in [0.3, 0.4) is 0 Å². The third-order valence-electron chi connectivity index (χ3n) is 2.52. The zero-order chi connectivity index (χ0) is 13.8. The monoisotopic (exact) mass is 296 g/mol. The fourth-order valence-electron chi connectivity index (χ4n) is 1.51. The second-order valence-corrected chi connectivity index (χ2v) is 5.25. The molecule has 2 nitrogen and oxygen atoms in total. The molecule has 98 valence electrons. The predicted octanol–water partition coefficient (Wildman–Crippen LogP) is 4.47. The first-order valence-corrected chi connectivity index (χ1v) is 6.83. The summed E-state index contributed by atoms with van der Waals surface area (Å²) >= 11 is 7.41. The van der Waals surface area contributed by atoms with E-state index in [-0.39, 0.29) is 5.56 Å². The molecule has 0 radical (unpaired) electrons. The van der Waals surface area contributed by atoms with Crippen LogP contribution in [0, 0.1) is 5.82 Å². The first-order chi connectivity index (χ1) is 9.08. The molecular formula is C14H10ClFO2S. The van der Waals surface area contributed by atoms with Crippen molar-refractivity contribution in [3.63, 3.8) is 0 Å². The number of thioether (sulfide) groups is 1. The molecule has 0 fully saturated rings. The maximum atomic E-state index is 13.7. The van der Waals surface area contributed by atoms with Gasteiger partial charge in [0.2, 0.25) is 0 Å². The Morgan fingerprint density at radius 1 is 1.26 bits per heavy atom. The van der Waals surface area contributed by atoms with Crippen LogP contribution in [0.2, 0.25) is 5.02 Å². The number of halogens is 2. The fourth-order valence-corrected chi connectivity index (χ4v) is 2.74. The Labute approximate surface area is 119 Å². The highest BCUT2D eigenvalue weighted by atomic mass is 35.5. The predicted molar refractivity (Wildman–Crippen MR) is 74.4 cm³/mol. The Bertz CT molecular complexity index is 616. The van der Waals surface area contributed by atoms with E-state index in [1.807, 2.05) is 18.2 Å². The SMILES string of the molecule is O=C(O)c1ccc(CSc2ccccc2Cl)c(F)c1. The quantitative estimate of drug-likeness (QED) is 0.846. The Balaban J connectivity index is 2.12. The van der Waals surface area contributed by atoms with Crippen LogP contribution in [0.15, 0.2) is 47.4 Å². The number of hydrogen-bond donors (Lipinski definition) is 1. The molecule has 0 saturated heterocycles. The Morgan fingerprint density at radius 3 is 2.63 bits per heavy atom. The first kappa shape index (κ1) is 13.9. The standard InChI is InChI=1S/C14H10ClFO2S/c15-11-3-1-2-4-13(11)19-8-10-6-5-9(14(17)18)7-12(10)16/h1-7H,8H2,(H,17,18). The molecule has 0 aliphatic rings. The van der Waals surface area contributed by atoms with Crippen molar-refractivity contribution in [1.29, 1.82) is 0 Å². The van der Waals surface area contributed by atoms with Crippen molar-refractivity contribution in [2.45, 2.75) is 10.6 Å². The Morgan fingerprint density at radius 2 is 2.00 bits per heavy atom. The third kappa shape index (κ3) is 3.49. The number of aromatic carboxylic acids is 1. The maximum absolute atomic E-state index is 13.7. The van der Waals surface area contributed by atoms with Gasteiger partial charge in [0.05, 0.1) is 10.6 Å². The summed E-state index contributed by atoms with van der Waals surface area (Å²) in [7, 11) is 0. The average Bonchev–Trinajstić information content (AvgIpc) is 2.39. The van der Waals surface area contributed by atoms with Gasteiger partial charge in [-0.3, -0.25) is 0 Å². The fraction of sp³-hybridized carbons (Fsp3) is 0.0714. The lowest BCUT2D eigenvalue weighted by Crippen LogP contribution is -1.98. The second-order valence-electron chi connectivity index (χ2n) is 3.83. The van der Waals surface area contributed by atoms with Gasteiger partial charge in [-0.2, -0.15) is 0 Å².